The summed E-state index contributed by atoms with van der Waals surface area (Å²) in [5.41, 5.74) is 5.14. The minimum Gasteiger partial charge on any atom is -0.489 e. The van der Waals surface area contributed by atoms with E-state index in [-0.39, 0.29) is 24.0 Å². The number of nitrogens with one attached hydrogen (secondary N) is 1. The molecular weight excluding hydrogens is 374 g/mol. The minimum absolute atomic E-state index is 0.00953. The largest absolute Gasteiger partial charge is 0.489 e. The molecule has 2 aromatic rings. The fraction of sp³-hybridized carbons (Fsp3) is 0.560. The Kier molecular flexibility index (Phi) is 5.78. The van der Waals surface area contributed by atoms with Gasteiger partial charge in [-0.2, -0.15) is 0 Å². The quantitative estimate of drug-likeness (QED) is 0.785. The van der Waals surface area contributed by atoms with Crippen LogP contribution in [0.1, 0.15) is 51.7 Å². The minimum atomic E-state index is -0.00953. The smallest absolute Gasteiger partial charge is 0.145 e. The van der Waals surface area contributed by atoms with Crippen LogP contribution in [0.5, 0.6) is 5.75 Å². The lowest BCUT2D eigenvalue weighted by Gasteiger charge is -2.42. The third kappa shape index (κ3) is 4.06. The van der Waals surface area contributed by atoms with Gasteiger partial charge in [0.2, 0.25) is 0 Å². The summed E-state index contributed by atoms with van der Waals surface area (Å²) in [5, 5.41) is 12.7. The second kappa shape index (κ2) is 8.20. The Morgan fingerprint density at radius 1 is 1.00 bits per heavy atom. The van der Waals surface area contributed by atoms with E-state index in [1.807, 2.05) is 12.1 Å². The molecule has 2 N–H and O–H groups in total. The molecule has 1 fully saturated rings. The van der Waals surface area contributed by atoms with Crippen LogP contribution in [0.15, 0.2) is 30.3 Å². The van der Waals surface area contributed by atoms with Crippen LogP contribution in [0.4, 0.5) is 5.82 Å². The van der Waals surface area contributed by atoms with Crippen molar-refractivity contribution in [1.82, 2.24) is 10.3 Å². The number of nitrogens with zero attached hydrogens (tertiary/aromatic N) is 2. The summed E-state index contributed by atoms with van der Waals surface area (Å²) in [4.78, 5) is 7.36. The number of aliphatic hydroxyl groups excluding tert-OH is 1. The van der Waals surface area contributed by atoms with Crippen LogP contribution in [0, 0.1) is 0 Å². The molecular formula is C25H35N3O2. The van der Waals surface area contributed by atoms with Gasteiger partial charge in [0.05, 0.1) is 6.61 Å². The van der Waals surface area contributed by atoms with Gasteiger partial charge < -0.3 is 20.1 Å². The highest BCUT2D eigenvalue weighted by molar-refractivity contribution is 5.70. The first kappa shape index (κ1) is 21.1. The van der Waals surface area contributed by atoms with Crippen molar-refractivity contribution in [3.05, 3.63) is 41.5 Å². The summed E-state index contributed by atoms with van der Waals surface area (Å²) < 4.78 is 5.88. The summed E-state index contributed by atoms with van der Waals surface area (Å²) in [7, 11) is 0. The maximum atomic E-state index is 9.27. The van der Waals surface area contributed by atoms with Crippen LogP contribution in [0.25, 0.3) is 11.3 Å². The highest BCUT2D eigenvalue weighted by Crippen LogP contribution is 2.47. The average Bonchev–Trinajstić information content (AvgIpc) is 2.76. The van der Waals surface area contributed by atoms with E-state index in [0.29, 0.717) is 0 Å². The molecule has 0 amide bonds. The van der Waals surface area contributed by atoms with Gasteiger partial charge in [0, 0.05) is 31.7 Å². The summed E-state index contributed by atoms with van der Waals surface area (Å²) in [5.74, 6) is 1.72. The molecule has 1 aromatic carbocycles. The molecule has 2 aliphatic rings. The zero-order valence-corrected chi connectivity index (χ0v) is 18.8. The number of ether oxygens (including phenoxy) is 1. The van der Waals surface area contributed by atoms with Crippen molar-refractivity contribution < 1.29 is 9.84 Å². The topological polar surface area (TPSA) is 57.6 Å². The van der Waals surface area contributed by atoms with E-state index in [1.54, 1.807) is 0 Å². The lowest BCUT2D eigenvalue weighted by atomic mass is 9.63. The molecule has 1 aliphatic carbocycles. The van der Waals surface area contributed by atoms with E-state index < -0.39 is 0 Å². The number of hydrogen-bond donors (Lipinski definition) is 2. The fourth-order valence-electron chi connectivity index (χ4n) is 4.72. The van der Waals surface area contributed by atoms with Gasteiger partial charge in [-0.05, 0) is 53.0 Å². The van der Waals surface area contributed by atoms with E-state index in [0.717, 1.165) is 49.0 Å². The van der Waals surface area contributed by atoms with Crippen molar-refractivity contribution in [2.75, 3.05) is 44.3 Å². The van der Waals surface area contributed by atoms with Gasteiger partial charge in [-0.15, -0.1) is 0 Å². The number of benzene rings is 1. The van der Waals surface area contributed by atoms with E-state index in [1.165, 1.54) is 24.0 Å². The van der Waals surface area contributed by atoms with Crippen LogP contribution in [-0.2, 0) is 10.8 Å². The van der Waals surface area contributed by atoms with E-state index >= 15 is 0 Å². The predicted molar refractivity (Wildman–Crippen MR) is 123 cm³/mol. The molecule has 0 atom stereocenters. The number of anilines is 1. The highest BCUT2D eigenvalue weighted by Gasteiger charge is 2.37. The average molecular weight is 410 g/mol. The molecule has 0 spiro atoms. The third-order valence-corrected chi connectivity index (χ3v) is 6.76. The summed E-state index contributed by atoms with van der Waals surface area (Å²) >= 11 is 0. The number of pyridine rings is 1. The Labute approximate surface area is 180 Å². The van der Waals surface area contributed by atoms with Gasteiger partial charge in [0.1, 0.15) is 23.9 Å². The maximum absolute atomic E-state index is 9.27. The Hall–Kier alpha value is -2.11. The number of piperazine rings is 1. The summed E-state index contributed by atoms with van der Waals surface area (Å²) in [6.45, 7) is 13.5. The first-order chi connectivity index (χ1) is 14.3. The van der Waals surface area contributed by atoms with Crippen molar-refractivity contribution in [3.8, 4) is 17.0 Å². The highest BCUT2D eigenvalue weighted by atomic mass is 16.5. The Morgan fingerprint density at radius 3 is 2.40 bits per heavy atom. The van der Waals surface area contributed by atoms with Crippen molar-refractivity contribution in [2.45, 2.75) is 51.4 Å². The lowest BCUT2D eigenvalue weighted by molar-refractivity contribution is 0.201. The normalized spacial score (nSPS) is 20.0. The second-order valence-electron chi connectivity index (χ2n) is 9.85. The monoisotopic (exact) mass is 409 g/mol. The van der Waals surface area contributed by atoms with Gasteiger partial charge in [0.15, 0.2) is 0 Å². The Balaban J connectivity index is 1.79. The van der Waals surface area contributed by atoms with Gasteiger partial charge in [-0.3, -0.25) is 0 Å². The number of aromatic nitrogens is 1. The lowest BCUT2D eigenvalue weighted by Crippen LogP contribution is -2.43. The molecule has 162 valence electrons. The molecule has 5 nitrogen and oxygen atoms in total. The third-order valence-electron chi connectivity index (χ3n) is 6.76. The first-order valence-electron chi connectivity index (χ1n) is 11.2. The maximum Gasteiger partial charge on any atom is 0.145 e. The fourth-order valence-corrected chi connectivity index (χ4v) is 4.72. The van der Waals surface area contributed by atoms with Crippen molar-refractivity contribution in [3.63, 3.8) is 0 Å². The molecule has 0 saturated carbocycles. The summed E-state index contributed by atoms with van der Waals surface area (Å²) in [6, 6.07) is 10.8. The van der Waals surface area contributed by atoms with Gasteiger partial charge in [-0.1, -0.05) is 39.8 Å². The van der Waals surface area contributed by atoms with Gasteiger partial charge in [0.25, 0.3) is 0 Å². The number of rotatable bonds is 5. The molecule has 0 bridgehead atoms. The molecule has 2 heterocycles. The van der Waals surface area contributed by atoms with Crippen LogP contribution < -0.4 is 15.0 Å². The number of hydrogen-bond acceptors (Lipinski definition) is 5. The van der Waals surface area contributed by atoms with E-state index in [2.05, 4.69) is 56.1 Å². The SMILES string of the molecule is CC1(C)CCC(C)(C)c2cc(-c3nc(N4CCNCC4)ccc3OCCO)ccc21. The zero-order valence-electron chi connectivity index (χ0n) is 18.8. The molecule has 1 saturated heterocycles. The molecule has 1 aliphatic heterocycles. The second-order valence-corrected chi connectivity index (χ2v) is 9.85. The number of aliphatic hydroxyl groups is 1. The molecule has 30 heavy (non-hydrogen) atoms. The van der Waals surface area contributed by atoms with Crippen molar-refractivity contribution >= 4 is 5.82 Å². The molecule has 1 aromatic heterocycles. The van der Waals surface area contributed by atoms with Crippen LogP contribution in [0.3, 0.4) is 0 Å². The Morgan fingerprint density at radius 2 is 1.70 bits per heavy atom. The number of fused-ring (bicyclic) bond motifs is 1. The van der Waals surface area contributed by atoms with Crippen molar-refractivity contribution in [1.29, 1.82) is 0 Å². The predicted octanol–water partition coefficient (Wildman–Crippen LogP) is 3.88. The van der Waals surface area contributed by atoms with Crippen LogP contribution in [-0.4, -0.2) is 49.5 Å². The Bertz CT molecular complexity index is 901. The zero-order chi connectivity index (χ0) is 21.4. The molecule has 4 rings (SSSR count). The van der Waals surface area contributed by atoms with E-state index in [9.17, 15) is 5.11 Å². The van der Waals surface area contributed by atoms with Crippen LogP contribution >= 0.6 is 0 Å². The van der Waals surface area contributed by atoms with Gasteiger partial charge in [-0.25, -0.2) is 4.98 Å². The van der Waals surface area contributed by atoms with Crippen LogP contribution in [0.2, 0.25) is 0 Å². The van der Waals surface area contributed by atoms with Crippen molar-refractivity contribution in [2.24, 2.45) is 0 Å². The van der Waals surface area contributed by atoms with Gasteiger partial charge >= 0.3 is 0 Å². The van der Waals surface area contributed by atoms with E-state index in [4.69, 9.17) is 9.72 Å². The first-order valence-corrected chi connectivity index (χ1v) is 11.2. The molecule has 5 heteroatoms. The summed E-state index contributed by atoms with van der Waals surface area (Å²) in [6.07, 6.45) is 2.38. The molecule has 0 radical (unpaired) electrons. The standard InChI is InChI=1S/C25H35N3O2/c1-24(2)9-10-25(3,4)20-17-18(5-6-19(20)24)23-21(30-16-15-29)7-8-22(27-23)28-13-11-26-12-14-28/h5-8,17,26,29H,9-16H2,1-4H3. The molecule has 0 unspecified atom stereocenters.